The van der Waals surface area contributed by atoms with Gasteiger partial charge in [-0.15, -0.1) is 0 Å². The predicted octanol–water partition coefficient (Wildman–Crippen LogP) is 7.75. The molecule has 1 aromatic carbocycles. The maximum Gasteiger partial charge on any atom is 0.119 e. The smallest absolute Gasteiger partial charge is 0.119 e. The molecule has 0 atom stereocenters. The van der Waals surface area contributed by atoms with Gasteiger partial charge in [0.05, 0.1) is 6.61 Å². The van der Waals surface area contributed by atoms with Gasteiger partial charge in [0.1, 0.15) is 5.75 Å². The summed E-state index contributed by atoms with van der Waals surface area (Å²) in [5, 5.41) is 0. The third-order valence-electron chi connectivity index (χ3n) is 7.06. The number of rotatable bonds is 8. The molecule has 0 aromatic heterocycles. The Balaban J connectivity index is 1.31. The molecule has 2 aliphatic carbocycles. The minimum absolute atomic E-state index is 0.781. The van der Waals surface area contributed by atoms with Crippen LogP contribution in [0.15, 0.2) is 24.3 Å². The van der Waals surface area contributed by atoms with Crippen LogP contribution in [-0.4, -0.2) is 6.61 Å². The molecular formula is C25H40O. The normalized spacial score (nSPS) is 29.5. The molecule has 0 N–H and O–H groups in total. The summed E-state index contributed by atoms with van der Waals surface area (Å²) in [6.07, 6.45) is 16.8. The van der Waals surface area contributed by atoms with Crippen molar-refractivity contribution in [2.75, 3.05) is 6.61 Å². The molecule has 0 amide bonds. The first-order chi connectivity index (χ1) is 12.7. The van der Waals surface area contributed by atoms with Gasteiger partial charge in [0.2, 0.25) is 0 Å². The van der Waals surface area contributed by atoms with Gasteiger partial charge >= 0.3 is 0 Å². The first-order valence-electron chi connectivity index (χ1n) is 11.5. The van der Waals surface area contributed by atoms with Gasteiger partial charge in [0, 0.05) is 0 Å². The van der Waals surface area contributed by atoms with Crippen molar-refractivity contribution in [2.45, 2.75) is 96.8 Å². The van der Waals surface area contributed by atoms with Crippen LogP contribution < -0.4 is 4.74 Å². The largest absolute Gasteiger partial charge is 0.494 e. The van der Waals surface area contributed by atoms with Gasteiger partial charge in [-0.05, 0) is 67.1 Å². The fourth-order valence-electron chi connectivity index (χ4n) is 5.21. The van der Waals surface area contributed by atoms with E-state index in [4.69, 9.17) is 4.74 Å². The van der Waals surface area contributed by atoms with Crippen LogP contribution in [0.3, 0.4) is 0 Å². The van der Waals surface area contributed by atoms with Crippen molar-refractivity contribution in [2.24, 2.45) is 17.8 Å². The fraction of sp³-hybridized carbons (Fsp3) is 0.760. The molecule has 1 nitrogen and oxygen atoms in total. The zero-order valence-corrected chi connectivity index (χ0v) is 17.2. The van der Waals surface area contributed by atoms with Crippen LogP contribution in [0.4, 0.5) is 0 Å². The quantitative estimate of drug-likeness (QED) is 0.433. The summed E-state index contributed by atoms with van der Waals surface area (Å²) in [6.45, 7) is 5.60. The lowest BCUT2D eigenvalue weighted by Crippen LogP contribution is -2.15. The topological polar surface area (TPSA) is 9.23 Å². The maximum atomic E-state index is 6.02. The van der Waals surface area contributed by atoms with Crippen molar-refractivity contribution < 1.29 is 4.74 Å². The van der Waals surface area contributed by atoms with E-state index in [1.54, 1.807) is 0 Å². The lowest BCUT2D eigenvalue weighted by molar-refractivity contribution is 0.230. The Morgan fingerprint density at radius 1 is 0.808 bits per heavy atom. The molecule has 2 aliphatic rings. The summed E-state index contributed by atoms with van der Waals surface area (Å²) in [5.74, 6) is 4.75. The van der Waals surface area contributed by atoms with Gasteiger partial charge in [-0.3, -0.25) is 0 Å². The van der Waals surface area contributed by atoms with Crippen LogP contribution in [0.2, 0.25) is 0 Å². The number of ether oxygens (including phenoxy) is 1. The molecule has 0 heterocycles. The number of hydrogen-bond acceptors (Lipinski definition) is 1. The van der Waals surface area contributed by atoms with E-state index in [1.165, 1.54) is 82.6 Å². The Labute approximate surface area is 161 Å². The van der Waals surface area contributed by atoms with Gasteiger partial charge in [-0.1, -0.05) is 77.3 Å². The maximum absolute atomic E-state index is 6.02. The highest BCUT2D eigenvalue weighted by Crippen LogP contribution is 2.36. The van der Waals surface area contributed by atoms with E-state index >= 15 is 0 Å². The molecule has 0 unspecified atom stereocenters. The van der Waals surface area contributed by atoms with Crippen LogP contribution in [-0.2, 0) is 0 Å². The van der Waals surface area contributed by atoms with Crippen molar-refractivity contribution in [3.8, 4) is 5.75 Å². The standard InChI is InChI=1S/C25H40O/c1-3-5-21-9-11-22(12-10-21)6-4-19-26-25-17-15-24(16-18-25)23-13-7-20(2)8-14-23/h15-18,20-23H,3-14,19H2,1-2H3/t20-,21-,22-,23-. The first kappa shape index (κ1) is 19.8. The molecular weight excluding hydrogens is 316 g/mol. The molecule has 1 aromatic rings. The highest BCUT2D eigenvalue weighted by molar-refractivity contribution is 5.29. The van der Waals surface area contributed by atoms with Gasteiger partial charge in [0.25, 0.3) is 0 Å². The molecule has 0 radical (unpaired) electrons. The van der Waals surface area contributed by atoms with Gasteiger partial charge < -0.3 is 4.74 Å². The second-order valence-corrected chi connectivity index (χ2v) is 9.19. The van der Waals surface area contributed by atoms with Crippen LogP contribution in [0.1, 0.15) is 102 Å². The molecule has 26 heavy (non-hydrogen) atoms. The molecule has 2 saturated carbocycles. The van der Waals surface area contributed by atoms with Crippen molar-refractivity contribution in [3.05, 3.63) is 29.8 Å². The van der Waals surface area contributed by atoms with E-state index in [0.717, 1.165) is 36.0 Å². The summed E-state index contributed by atoms with van der Waals surface area (Å²) in [5.41, 5.74) is 1.52. The van der Waals surface area contributed by atoms with E-state index in [1.807, 2.05) is 0 Å². The Hall–Kier alpha value is -0.980. The van der Waals surface area contributed by atoms with E-state index in [-0.39, 0.29) is 0 Å². The van der Waals surface area contributed by atoms with Crippen molar-refractivity contribution >= 4 is 0 Å². The minimum atomic E-state index is 0.781. The predicted molar refractivity (Wildman–Crippen MR) is 112 cm³/mol. The lowest BCUT2D eigenvalue weighted by atomic mass is 9.78. The van der Waals surface area contributed by atoms with Crippen LogP contribution in [0.25, 0.3) is 0 Å². The van der Waals surface area contributed by atoms with E-state index in [0.29, 0.717) is 0 Å². The van der Waals surface area contributed by atoms with Crippen LogP contribution in [0.5, 0.6) is 5.75 Å². The highest BCUT2D eigenvalue weighted by Gasteiger charge is 2.21. The van der Waals surface area contributed by atoms with E-state index < -0.39 is 0 Å². The molecule has 3 rings (SSSR count). The SMILES string of the molecule is CCC[C@H]1CC[C@H](CCCOc2ccc([C@H]3CC[C@H](C)CC3)cc2)CC1. The van der Waals surface area contributed by atoms with Crippen LogP contribution in [0, 0.1) is 17.8 Å². The fourth-order valence-corrected chi connectivity index (χ4v) is 5.21. The first-order valence-corrected chi connectivity index (χ1v) is 11.5. The molecule has 0 aliphatic heterocycles. The third-order valence-corrected chi connectivity index (χ3v) is 7.06. The average molecular weight is 357 g/mol. The molecule has 146 valence electrons. The van der Waals surface area contributed by atoms with Crippen molar-refractivity contribution in [1.82, 2.24) is 0 Å². The average Bonchev–Trinajstić information content (AvgIpc) is 2.68. The van der Waals surface area contributed by atoms with Gasteiger partial charge in [-0.25, -0.2) is 0 Å². The summed E-state index contributed by atoms with van der Waals surface area (Å²) in [4.78, 5) is 0. The molecule has 0 saturated heterocycles. The minimum Gasteiger partial charge on any atom is -0.494 e. The zero-order chi connectivity index (χ0) is 18.2. The summed E-state index contributed by atoms with van der Waals surface area (Å²) >= 11 is 0. The van der Waals surface area contributed by atoms with Gasteiger partial charge in [0.15, 0.2) is 0 Å². The monoisotopic (exact) mass is 356 g/mol. The molecule has 0 bridgehead atoms. The van der Waals surface area contributed by atoms with E-state index in [2.05, 4.69) is 38.1 Å². The van der Waals surface area contributed by atoms with Gasteiger partial charge in [-0.2, -0.15) is 0 Å². The van der Waals surface area contributed by atoms with E-state index in [9.17, 15) is 0 Å². The Kier molecular flexibility index (Phi) is 7.89. The Morgan fingerprint density at radius 3 is 2.04 bits per heavy atom. The van der Waals surface area contributed by atoms with Crippen molar-refractivity contribution in [3.63, 3.8) is 0 Å². The molecule has 2 fully saturated rings. The number of benzene rings is 1. The Bertz CT molecular complexity index is 489. The lowest BCUT2D eigenvalue weighted by Gasteiger charge is -2.28. The zero-order valence-electron chi connectivity index (χ0n) is 17.2. The summed E-state index contributed by atoms with van der Waals surface area (Å²) < 4.78 is 6.02. The molecule has 1 heteroatoms. The Morgan fingerprint density at radius 2 is 1.42 bits per heavy atom. The summed E-state index contributed by atoms with van der Waals surface area (Å²) in [7, 11) is 0. The number of hydrogen-bond donors (Lipinski definition) is 0. The second kappa shape index (κ2) is 10.4. The second-order valence-electron chi connectivity index (χ2n) is 9.19. The van der Waals surface area contributed by atoms with Crippen molar-refractivity contribution in [1.29, 1.82) is 0 Å². The molecule has 0 spiro atoms. The summed E-state index contributed by atoms with van der Waals surface area (Å²) in [6, 6.07) is 9.02. The highest BCUT2D eigenvalue weighted by atomic mass is 16.5. The third kappa shape index (κ3) is 6.03. The van der Waals surface area contributed by atoms with Crippen LogP contribution >= 0.6 is 0 Å².